The lowest BCUT2D eigenvalue weighted by Crippen LogP contribution is -2.48. The number of likely N-dealkylation sites (tertiary alicyclic amines) is 2. The quantitative estimate of drug-likeness (QED) is 0.398. The average molecular weight is 586 g/mol. The third-order valence-corrected chi connectivity index (χ3v) is 7.87. The second kappa shape index (κ2) is 16.2. The number of halogens is 1. The monoisotopic (exact) mass is 585 g/mol. The highest BCUT2D eigenvalue weighted by atomic mass is 19.1. The first-order valence-corrected chi connectivity index (χ1v) is 14.7. The lowest BCUT2D eigenvalue weighted by atomic mass is 10.00. The first kappa shape index (κ1) is 33.0. The molecular formula is C32H44FN3O6. The Morgan fingerprint density at radius 2 is 1.52 bits per heavy atom. The van der Waals surface area contributed by atoms with Crippen LogP contribution in [0.2, 0.25) is 0 Å². The molecule has 0 aliphatic carbocycles. The molecule has 230 valence electrons. The number of carbonyl (C=O) groups is 3. The lowest BCUT2D eigenvalue weighted by molar-refractivity contribution is -0.159. The Morgan fingerprint density at radius 3 is 2.05 bits per heavy atom. The molecule has 1 atom stereocenters. The van der Waals surface area contributed by atoms with Crippen LogP contribution >= 0.6 is 0 Å². The summed E-state index contributed by atoms with van der Waals surface area (Å²) < 4.78 is 19.2. The number of ether oxygens (including phenoxy) is 1. The van der Waals surface area contributed by atoms with Gasteiger partial charge in [0.05, 0.1) is 12.5 Å². The second-order valence-electron chi connectivity index (χ2n) is 11.4. The number of hydrogen-bond donors (Lipinski definition) is 2. The van der Waals surface area contributed by atoms with Crippen molar-refractivity contribution in [3.8, 4) is 5.75 Å². The predicted octanol–water partition coefficient (Wildman–Crippen LogP) is 4.29. The van der Waals surface area contributed by atoms with Crippen molar-refractivity contribution in [3.63, 3.8) is 0 Å². The highest BCUT2D eigenvalue weighted by Gasteiger charge is 2.29. The number of rotatable bonds is 10. The van der Waals surface area contributed by atoms with Crippen molar-refractivity contribution in [1.82, 2.24) is 14.7 Å². The molecule has 9 nitrogen and oxygen atoms in total. The molecular weight excluding hydrogens is 541 g/mol. The molecule has 2 aromatic carbocycles. The lowest BCUT2D eigenvalue weighted by Gasteiger charge is -2.39. The van der Waals surface area contributed by atoms with Crippen molar-refractivity contribution in [2.75, 3.05) is 33.2 Å². The number of aliphatic carboxylic acids is 2. The fourth-order valence-electron chi connectivity index (χ4n) is 5.57. The molecule has 2 aliphatic rings. The third kappa shape index (κ3) is 10.7. The number of carbonyl (C=O) groups excluding carboxylic acids is 1. The molecule has 0 bridgehead atoms. The van der Waals surface area contributed by atoms with Crippen LogP contribution in [0.1, 0.15) is 57.1 Å². The normalized spacial score (nSPS) is 17.9. The minimum atomic E-state index is -1.82. The van der Waals surface area contributed by atoms with Gasteiger partial charge in [-0.25, -0.2) is 14.0 Å². The first-order valence-electron chi connectivity index (χ1n) is 14.7. The van der Waals surface area contributed by atoms with Crippen LogP contribution in [0.3, 0.4) is 0 Å². The molecule has 4 rings (SSSR count). The van der Waals surface area contributed by atoms with Gasteiger partial charge in [-0.3, -0.25) is 4.79 Å². The molecule has 1 unspecified atom stereocenters. The molecule has 0 spiro atoms. The van der Waals surface area contributed by atoms with Crippen LogP contribution in [0.4, 0.5) is 4.39 Å². The number of nitrogens with zero attached hydrogens (tertiary/aromatic N) is 3. The average Bonchev–Trinajstić information content (AvgIpc) is 3.37. The van der Waals surface area contributed by atoms with Gasteiger partial charge in [-0.05, 0) is 101 Å². The topological polar surface area (TPSA) is 111 Å². The first-order chi connectivity index (χ1) is 20.0. The summed E-state index contributed by atoms with van der Waals surface area (Å²) in [6.45, 7) is 8.93. The molecule has 0 radical (unpaired) electrons. The Bertz CT molecular complexity index is 1140. The van der Waals surface area contributed by atoms with Gasteiger partial charge in [0.1, 0.15) is 11.6 Å². The molecule has 2 N–H and O–H groups in total. The molecule has 1 amide bonds. The van der Waals surface area contributed by atoms with E-state index in [-0.39, 0.29) is 23.9 Å². The number of hydrogen-bond acceptors (Lipinski definition) is 6. The van der Waals surface area contributed by atoms with E-state index in [1.807, 2.05) is 43.0 Å². The Hall–Kier alpha value is -3.50. The van der Waals surface area contributed by atoms with E-state index in [1.165, 1.54) is 37.9 Å². The smallest absolute Gasteiger partial charge is 0.414 e. The number of benzene rings is 2. The van der Waals surface area contributed by atoms with Crippen molar-refractivity contribution in [3.05, 3.63) is 65.5 Å². The maximum absolute atomic E-state index is 13.6. The fourth-order valence-corrected chi connectivity index (χ4v) is 5.57. The van der Waals surface area contributed by atoms with E-state index in [0.717, 1.165) is 55.4 Å². The summed E-state index contributed by atoms with van der Waals surface area (Å²) in [4.78, 5) is 38.9. The van der Waals surface area contributed by atoms with Crippen LogP contribution in [0.15, 0.2) is 48.5 Å². The zero-order valence-electron chi connectivity index (χ0n) is 24.9. The predicted molar refractivity (Wildman–Crippen MR) is 158 cm³/mol. The van der Waals surface area contributed by atoms with E-state index in [1.54, 1.807) is 12.1 Å². The minimum absolute atomic E-state index is 0.119. The molecule has 2 aliphatic heterocycles. The van der Waals surface area contributed by atoms with Crippen LogP contribution < -0.4 is 4.74 Å². The van der Waals surface area contributed by atoms with Crippen LogP contribution in [-0.2, 0) is 27.3 Å². The van der Waals surface area contributed by atoms with Gasteiger partial charge in [0.15, 0.2) is 0 Å². The van der Waals surface area contributed by atoms with Crippen molar-refractivity contribution in [2.24, 2.45) is 0 Å². The van der Waals surface area contributed by atoms with E-state index in [9.17, 15) is 9.18 Å². The number of piperidine rings is 1. The summed E-state index contributed by atoms with van der Waals surface area (Å²) in [7, 11) is 2.24. The van der Waals surface area contributed by atoms with Crippen molar-refractivity contribution >= 4 is 17.8 Å². The Kier molecular flexibility index (Phi) is 12.7. The molecule has 10 heteroatoms. The fraction of sp³-hybridized carbons (Fsp3) is 0.531. The van der Waals surface area contributed by atoms with Crippen molar-refractivity contribution < 1.29 is 33.7 Å². The van der Waals surface area contributed by atoms with Gasteiger partial charge in [0, 0.05) is 31.7 Å². The molecule has 42 heavy (non-hydrogen) atoms. The summed E-state index contributed by atoms with van der Waals surface area (Å²) in [6, 6.07) is 15.3. The van der Waals surface area contributed by atoms with Crippen LogP contribution in [0, 0.1) is 5.82 Å². The largest absolute Gasteiger partial charge is 0.491 e. The van der Waals surface area contributed by atoms with Gasteiger partial charge >= 0.3 is 11.9 Å². The molecule has 0 aromatic heterocycles. The van der Waals surface area contributed by atoms with Crippen molar-refractivity contribution in [2.45, 2.75) is 77.1 Å². The second-order valence-corrected chi connectivity index (χ2v) is 11.4. The highest BCUT2D eigenvalue weighted by molar-refractivity contribution is 6.27. The van der Waals surface area contributed by atoms with E-state index >= 15 is 0 Å². The number of carboxylic acid groups (broad SMARTS) is 2. The van der Waals surface area contributed by atoms with Gasteiger partial charge < -0.3 is 29.6 Å². The Morgan fingerprint density at radius 1 is 0.929 bits per heavy atom. The SMILES string of the molecule is CC(C)Oc1ccc(CC(=O)N(Cc2ccc(F)cc2)C2CCN(CCC3CCCN3C)CC2)cc1.O=C(O)C(=O)O. The zero-order chi connectivity index (χ0) is 30.6. The number of carboxylic acids is 2. The van der Waals surface area contributed by atoms with E-state index in [0.29, 0.717) is 13.0 Å². The Balaban J connectivity index is 0.000000730. The molecule has 2 heterocycles. The van der Waals surface area contributed by atoms with Gasteiger partial charge in [-0.1, -0.05) is 24.3 Å². The zero-order valence-corrected chi connectivity index (χ0v) is 24.9. The van der Waals surface area contributed by atoms with Gasteiger partial charge in [-0.15, -0.1) is 0 Å². The van der Waals surface area contributed by atoms with Crippen LogP contribution in [0.5, 0.6) is 5.75 Å². The van der Waals surface area contributed by atoms with Crippen LogP contribution in [0.25, 0.3) is 0 Å². The standard InChI is InChI=1S/C30H42FN3O2.C2H2O4/c1-23(2)36-29-12-8-24(9-13-29)21-30(35)34(22-25-6-10-26(31)11-7-25)28-15-19-33(20-16-28)18-14-27-5-4-17-32(27)3;3-1(4)2(5)6/h6-13,23,27-28H,4-5,14-22H2,1-3H3;(H,3,4)(H,5,6). The summed E-state index contributed by atoms with van der Waals surface area (Å²) in [5.41, 5.74) is 1.95. The molecule has 2 saturated heterocycles. The van der Waals surface area contributed by atoms with Gasteiger partial charge in [0.25, 0.3) is 0 Å². The van der Waals surface area contributed by atoms with Gasteiger partial charge in [-0.2, -0.15) is 0 Å². The third-order valence-electron chi connectivity index (χ3n) is 7.87. The molecule has 2 aromatic rings. The van der Waals surface area contributed by atoms with E-state index in [2.05, 4.69) is 16.8 Å². The van der Waals surface area contributed by atoms with Crippen molar-refractivity contribution in [1.29, 1.82) is 0 Å². The summed E-state index contributed by atoms with van der Waals surface area (Å²) in [5.74, 6) is -2.95. The summed E-state index contributed by atoms with van der Waals surface area (Å²) in [5, 5.41) is 14.8. The number of amides is 1. The highest BCUT2D eigenvalue weighted by Crippen LogP contribution is 2.24. The summed E-state index contributed by atoms with van der Waals surface area (Å²) in [6.07, 6.45) is 6.30. The van der Waals surface area contributed by atoms with E-state index in [4.69, 9.17) is 24.5 Å². The molecule has 2 fully saturated rings. The summed E-state index contributed by atoms with van der Waals surface area (Å²) >= 11 is 0. The van der Waals surface area contributed by atoms with Crippen LogP contribution in [-0.4, -0.2) is 94.2 Å². The maximum atomic E-state index is 13.6. The van der Waals surface area contributed by atoms with E-state index < -0.39 is 11.9 Å². The Labute approximate surface area is 247 Å². The maximum Gasteiger partial charge on any atom is 0.414 e. The minimum Gasteiger partial charge on any atom is -0.491 e. The van der Waals surface area contributed by atoms with Gasteiger partial charge in [0.2, 0.25) is 5.91 Å². The molecule has 0 saturated carbocycles.